The highest BCUT2D eigenvalue weighted by atomic mass is 35.5. The van der Waals surface area contributed by atoms with E-state index in [0.29, 0.717) is 35.0 Å². The number of hydrogen-bond acceptors (Lipinski definition) is 5. The molecule has 162 valence electrons. The van der Waals surface area contributed by atoms with Crippen molar-refractivity contribution in [1.82, 2.24) is 14.9 Å². The average molecular weight is 441 g/mol. The molecule has 31 heavy (non-hydrogen) atoms. The zero-order valence-corrected chi connectivity index (χ0v) is 18.0. The molecule has 1 atom stereocenters. The maximum Gasteiger partial charge on any atom is 0.252 e. The third kappa shape index (κ3) is 4.74. The quantitative estimate of drug-likeness (QED) is 0.470. The van der Waals surface area contributed by atoms with Crippen LogP contribution in [-0.4, -0.2) is 52.4 Å². The summed E-state index contributed by atoms with van der Waals surface area (Å²) in [5.41, 5.74) is 9.09. The molecule has 2 aromatic heterocycles. The highest BCUT2D eigenvalue weighted by molar-refractivity contribution is 6.30. The molecular formula is C22H25ClN6O2. The maximum atomic E-state index is 12.8. The molecule has 8 nitrogen and oxygen atoms in total. The van der Waals surface area contributed by atoms with Gasteiger partial charge in [0.2, 0.25) is 5.91 Å². The molecule has 5 N–H and O–H groups in total. The number of aromatic nitrogens is 2. The molecule has 2 amide bonds. The van der Waals surface area contributed by atoms with Crippen LogP contribution < -0.4 is 16.4 Å². The SMILES string of the molecule is Cc1cc(Cl)cc(NCC(=O)N2CCCC(Nc3c(C(N)=O)cnc4[nH]ccc34)C2)c1. The number of benzene rings is 1. The number of aromatic amines is 1. The molecule has 1 aliphatic rings. The molecular weight excluding hydrogens is 416 g/mol. The summed E-state index contributed by atoms with van der Waals surface area (Å²) in [6.45, 7) is 3.39. The molecule has 9 heteroatoms. The van der Waals surface area contributed by atoms with E-state index in [1.54, 1.807) is 12.3 Å². The van der Waals surface area contributed by atoms with E-state index in [2.05, 4.69) is 20.6 Å². The highest BCUT2D eigenvalue weighted by Gasteiger charge is 2.25. The second kappa shape index (κ2) is 8.85. The Hall–Kier alpha value is -3.26. The van der Waals surface area contributed by atoms with Crippen LogP contribution in [0.4, 0.5) is 11.4 Å². The topological polar surface area (TPSA) is 116 Å². The summed E-state index contributed by atoms with van der Waals surface area (Å²) < 4.78 is 0. The van der Waals surface area contributed by atoms with Gasteiger partial charge in [-0.25, -0.2) is 4.98 Å². The Balaban J connectivity index is 1.44. The van der Waals surface area contributed by atoms with Crippen LogP contribution in [0.2, 0.25) is 5.02 Å². The number of halogens is 1. The van der Waals surface area contributed by atoms with Gasteiger partial charge in [-0.2, -0.15) is 0 Å². The number of likely N-dealkylation sites (tertiary alicyclic amines) is 1. The predicted octanol–water partition coefficient (Wildman–Crippen LogP) is 3.14. The van der Waals surface area contributed by atoms with Crippen LogP contribution >= 0.6 is 11.6 Å². The predicted molar refractivity (Wildman–Crippen MR) is 123 cm³/mol. The summed E-state index contributed by atoms with van der Waals surface area (Å²) in [5.74, 6) is -0.524. The highest BCUT2D eigenvalue weighted by Crippen LogP contribution is 2.27. The molecule has 0 spiro atoms. The zero-order chi connectivity index (χ0) is 22.0. The van der Waals surface area contributed by atoms with Crippen molar-refractivity contribution >= 4 is 45.8 Å². The van der Waals surface area contributed by atoms with E-state index < -0.39 is 5.91 Å². The minimum absolute atomic E-state index is 0.00436. The maximum absolute atomic E-state index is 12.8. The lowest BCUT2D eigenvalue weighted by Crippen LogP contribution is -2.47. The minimum Gasteiger partial charge on any atom is -0.379 e. The summed E-state index contributed by atoms with van der Waals surface area (Å²) in [5, 5.41) is 8.04. The Morgan fingerprint density at radius 2 is 2.19 bits per heavy atom. The smallest absolute Gasteiger partial charge is 0.252 e. The first-order valence-corrected chi connectivity index (χ1v) is 10.6. The lowest BCUT2D eigenvalue weighted by Gasteiger charge is -2.34. The van der Waals surface area contributed by atoms with E-state index >= 15 is 0 Å². The van der Waals surface area contributed by atoms with E-state index in [0.717, 1.165) is 29.5 Å². The van der Waals surface area contributed by atoms with Gasteiger partial charge in [0.05, 0.1) is 17.8 Å². The van der Waals surface area contributed by atoms with Gasteiger partial charge < -0.3 is 26.3 Å². The van der Waals surface area contributed by atoms with E-state index in [1.165, 1.54) is 6.20 Å². The number of H-pyrrole nitrogens is 1. The first-order chi connectivity index (χ1) is 14.9. The summed E-state index contributed by atoms with van der Waals surface area (Å²) >= 11 is 6.10. The second-order valence-corrected chi connectivity index (χ2v) is 8.28. The summed E-state index contributed by atoms with van der Waals surface area (Å²) in [4.78, 5) is 33.8. The Bertz CT molecular complexity index is 1110. The number of carbonyl (C=O) groups is 2. The fraction of sp³-hybridized carbons (Fsp3) is 0.318. The largest absolute Gasteiger partial charge is 0.379 e. The number of nitrogens with zero attached hydrogens (tertiary/aromatic N) is 2. The molecule has 3 aromatic rings. The van der Waals surface area contributed by atoms with Gasteiger partial charge in [-0.15, -0.1) is 0 Å². The Morgan fingerprint density at radius 3 is 2.97 bits per heavy atom. The monoisotopic (exact) mass is 440 g/mol. The number of primary amides is 1. The molecule has 0 radical (unpaired) electrons. The number of anilines is 2. The van der Waals surface area contributed by atoms with Crippen molar-refractivity contribution in [2.75, 3.05) is 30.3 Å². The second-order valence-electron chi connectivity index (χ2n) is 7.85. The number of nitrogens with one attached hydrogen (secondary N) is 3. The van der Waals surface area contributed by atoms with Crippen LogP contribution in [0.3, 0.4) is 0 Å². The fourth-order valence-electron chi connectivity index (χ4n) is 4.00. The number of carbonyl (C=O) groups excluding carboxylic acids is 2. The van der Waals surface area contributed by atoms with Crippen molar-refractivity contribution in [3.63, 3.8) is 0 Å². The van der Waals surface area contributed by atoms with Crippen molar-refractivity contribution in [3.8, 4) is 0 Å². The first kappa shape index (κ1) is 21.0. The van der Waals surface area contributed by atoms with Crippen molar-refractivity contribution in [2.45, 2.75) is 25.8 Å². The normalized spacial score (nSPS) is 16.3. The van der Waals surface area contributed by atoms with Gasteiger partial charge in [-0.05, 0) is 49.6 Å². The number of fused-ring (bicyclic) bond motifs is 1. The lowest BCUT2D eigenvalue weighted by molar-refractivity contribution is -0.130. The summed E-state index contributed by atoms with van der Waals surface area (Å²) in [6, 6.07) is 7.50. The van der Waals surface area contributed by atoms with E-state index in [-0.39, 0.29) is 18.5 Å². The van der Waals surface area contributed by atoms with Gasteiger partial charge >= 0.3 is 0 Å². The number of pyridine rings is 1. The minimum atomic E-state index is -0.539. The standard InChI is InChI=1S/C22H25ClN6O2/c1-13-7-14(23)9-16(8-13)26-11-19(30)29-6-2-3-15(12-29)28-20-17-4-5-25-22(17)27-10-18(20)21(24)31/h4-5,7-10,15,26H,2-3,6,11-12H2,1H3,(H2,24,31)(H2,25,27,28). The number of nitrogens with two attached hydrogens (primary N) is 1. The number of piperidine rings is 1. The van der Waals surface area contributed by atoms with Crippen molar-refractivity contribution in [2.24, 2.45) is 5.73 Å². The Labute approximate surface area is 185 Å². The van der Waals surface area contributed by atoms with Crippen LogP contribution in [-0.2, 0) is 4.79 Å². The van der Waals surface area contributed by atoms with Gasteiger partial charge in [0, 0.05) is 47.6 Å². The number of rotatable bonds is 6. The number of hydrogen-bond donors (Lipinski definition) is 4. The van der Waals surface area contributed by atoms with Crippen molar-refractivity contribution in [1.29, 1.82) is 0 Å². The van der Waals surface area contributed by atoms with Gasteiger partial charge in [0.25, 0.3) is 5.91 Å². The molecule has 4 rings (SSSR count). The molecule has 1 fully saturated rings. The summed E-state index contributed by atoms with van der Waals surface area (Å²) in [6.07, 6.45) is 5.00. The molecule has 3 heterocycles. The summed E-state index contributed by atoms with van der Waals surface area (Å²) in [7, 11) is 0. The lowest BCUT2D eigenvalue weighted by atomic mass is 10.0. The van der Waals surface area contributed by atoms with Crippen LogP contribution in [0.25, 0.3) is 11.0 Å². The van der Waals surface area contributed by atoms with E-state index in [9.17, 15) is 9.59 Å². The zero-order valence-electron chi connectivity index (χ0n) is 17.2. The molecule has 0 aliphatic carbocycles. The van der Waals surface area contributed by atoms with Gasteiger partial charge in [0.15, 0.2) is 0 Å². The fourth-order valence-corrected chi connectivity index (χ4v) is 4.29. The van der Waals surface area contributed by atoms with Crippen LogP contribution in [0.1, 0.15) is 28.8 Å². The van der Waals surface area contributed by atoms with Gasteiger partial charge in [-0.3, -0.25) is 9.59 Å². The van der Waals surface area contributed by atoms with E-state index in [1.807, 2.05) is 30.0 Å². The van der Waals surface area contributed by atoms with E-state index in [4.69, 9.17) is 17.3 Å². The number of aryl methyl sites for hydroxylation is 1. The molecule has 1 aromatic carbocycles. The van der Waals surface area contributed by atoms with Crippen LogP contribution in [0, 0.1) is 6.92 Å². The molecule has 0 saturated carbocycles. The number of amides is 2. The molecule has 1 unspecified atom stereocenters. The third-order valence-electron chi connectivity index (χ3n) is 5.46. The third-order valence-corrected chi connectivity index (χ3v) is 5.68. The molecule has 1 saturated heterocycles. The Morgan fingerprint density at radius 1 is 1.35 bits per heavy atom. The van der Waals surface area contributed by atoms with Crippen LogP contribution in [0.5, 0.6) is 0 Å². The van der Waals surface area contributed by atoms with Gasteiger partial charge in [-0.1, -0.05) is 11.6 Å². The van der Waals surface area contributed by atoms with Crippen molar-refractivity contribution in [3.05, 3.63) is 52.8 Å². The average Bonchev–Trinajstić information content (AvgIpc) is 3.21. The van der Waals surface area contributed by atoms with Crippen LogP contribution in [0.15, 0.2) is 36.7 Å². The Kier molecular flexibility index (Phi) is 5.99. The first-order valence-electron chi connectivity index (χ1n) is 10.2. The molecule has 0 bridgehead atoms. The van der Waals surface area contributed by atoms with Crippen molar-refractivity contribution < 1.29 is 9.59 Å². The van der Waals surface area contributed by atoms with Gasteiger partial charge in [0.1, 0.15) is 5.65 Å². The molecule has 1 aliphatic heterocycles.